The molecule has 2 aliphatic heterocycles. The summed E-state index contributed by atoms with van der Waals surface area (Å²) in [6, 6.07) is 6.38. The normalized spacial score (nSPS) is 19.8. The van der Waals surface area contributed by atoms with E-state index in [0.29, 0.717) is 0 Å². The average molecular weight is 528 g/mol. The molecule has 4 heterocycles. The van der Waals surface area contributed by atoms with Gasteiger partial charge in [0.25, 0.3) is 0 Å². The number of hydrogen-bond acceptors (Lipinski definition) is 7. The van der Waals surface area contributed by atoms with E-state index < -0.39 is 24.3 Å². The molecule has 4 rings (SSSR count). The van der Waals surface area contributed by atoms with E-state index >= 15 is 0 Å². The van der Waals surface area contributed by atoms with Crippen LogP contribution in [-0.4, -0.2) is 75.6 Å². The Labute approximate surface area is 199 Å². The fraction of sp³-hybridized carbons (Fsp3) is 0.500. The Bertz CT molecular complexity index is 948. The Kier molecular flexibility index (Phi) is 9.43. The fourth-order valence-corrected chi connectivity index (χ4v) is 4.56. The maximum Gasteiger partial charge on any atom is 0.490 e. The zero-order chi connectivity index (χ0) is 26.4. The lowest BCUT2D eigenvalue weighted by Gasteiger charge is -2.20. The van der Waals surface area contributed by atoms with Crippen molar-refractivity contribution in [2.24, 2.45) is 11.8 Å². The van der Waals surface area contributed by atoms with Gasteiger partial charge in [-0.25, -0.2) is 19.6 Å². The molecule has 0 aromatic carbocycles. The van der Waals surface area contributed by atoms with Gasteiger partial charge in [0, 0.05) is 54.9 Å². The van der Waals surface area contributed by atoms with Crippen LogP contribution in [0.15, 0.2) is 30.6 Å². The van der Waals surface area contributed by atoms with Gasteiger partial charge in [0.1, 0.15) is 0 Å². The number of alkyl halides is 6. The lowest BCUT2D eigenvalue weighted by molar-refractivity contribution is -0.193. The Morgan fingerprint density at radius 3 is 1.77 bits per heavy atom. The van der Waals surface area contributed by atoms with Crippen LogP contribution in [0.5, 0.6) is 0 Å². The summed E-state index contributed by atoms with van der Waals surface area (Å²) < 4.78 is 63.5. The van der Waals surface area contributed by atoms with E-state index in [1.165, 1.54) is 22.8 Å². The predicted octanol–water partition coefficient (Wildman–Crippen LogP) is 3.68. The van der Waals surface area contributed by atoms with Crippen molar-refractivity contribution in [1.82, 2.24) is 14.9 Å². The van der Waals surface area contributed by atoms with E-state index in [4.69, 9.17) is 19.8 Å². The fourth-order valence-electron chi connectivity index (χ4n) is 3.63. The van der Waals surface area contributed by atoms with E-state index in [-0.39, 0.29) is 0 Å². The third-order valence-electron chi connectivity index (χ3n) is 5.06. The molecule has 0 amide bonds. The topological polar surface area (TPSA) is 107 Å². The number of carboxylic acid groups (broad SMARTS) is 2. The second-order valence-corrected chi connectivity index (χ2v) is 9.16. The first-order valence-corrected chi connectivity index (χ1v) is 10.9. The molecule has 8 nitrogen and oxygen atoms in total. The molecule has 0 spiro atoms. The number of carbonyl (C=O) groups is 2. The minimum Gasteiger partial charge on any atom is -0.475 e. The molecule has 2 fully saturated rings. The van der Waals surface area contributed by atoms with E-state index in [1.807, 2.05) is 29.8 Å². The molecule has 35 heavy (non-hydrogen) atoms. The van der Waals surface area contributed by atoms with E-state index in [0.717, 1.165) is 37.4 Å². The van der Waals surface area contributed by atoms with E-state index in [1.54, 1.807) is 0 Å². The molecule has 2 N–H and O–H groups in total. The number of aliphatic carboxylic acids is 2. The molecule has 2 aromatic heterocycles. The molecule has 2 atom stereocenters. The van der Waals surface area contributed by atoms with Gasteiger partial charge in [-0.2, -0.15) is 26.3 Å². The van der Waals surface area contributed by atoms with Crippen molar-refractivity contribution in [3.63, 3.8) is 0 Å². The van der Waals surface area contributed by atoms with Gasteiger partial charge in [-0.1, -0.05) is 0 Å². The number of rotatable bonds is 3. The molecular weight excluding hydrogens is 506 g/mol. The summed E-state index contributed by atoms with van der Waals surface area (Å²) in [6.07, 6.45) is -6.50. The van der Waals surface area contributed by atoms with Crippen molar-refractivity contribution in [2.45, 2.75) is 25.8 Å². The molecule has 0 bridgehead atoms. The third-order valence-corrected chi connectivity index (χ3v) is 6.04. The number of fused-ring (bicyclic) bond motifs is 1. The van der Waals surface area contributed by atoms with Crippen molar-refractivity contribution in [3.8, 4) is 0 Å². The van der Waals surface area contributed by atoms with Gasteiger partial charge in [0.15, 0.2) is 0 Å². The van der Waals surface area contributed by atoms with Gasteiger partial charge < -0.3 is 15.1 Å². The SMILES string of the molecule is Cc1ccc(CN2CC3CN(c4ncccn4)CC3C2)s1.O=C(O)C(F)(F)F.O=C(O)C(F)(F)F. The molecular formula is C20H22F6N4O4S. The zero-order valence-electron chi connectivity index (χ0n) is 18.3. The maximum atomic E-state index is 10.6. The number of aromatic nitrogens is 2. The summed E-state index contributed by atoms with van der Waals surface area (Å²) in [4.78, 5) is 34.4. The van der Waals surface area contributed by atoms with Gasteiger partial charge in [-0.3, -0.25) is 4.90 Å². The van der Waals surface area contributed by atoms with Crippen LogP contribution >= 0.6 is 11.3 Å². The van der Waals surface area contributed by atoms with Crippen LogP contribution in [0.25, 0.3) is 0 Å². The van der Waals surface area contributed by atoms with Crippen LogP contribution in [0.2, 0.25) is 0 Å². The molecule has 0 saturated carbocycles. The van der Waals surface area contributed by atoms with Crippen molar-refractivity contribution < 1.29 is 46.1 Å². The predicted molar refractivity (Wildman–Crippen MR) is 113 cm³/mol. The zero-order valence-corrected chi connectivity index (χ0v) is 19.1. The highest BCUT2D eigenvalue weighted by Gasteiger charge is 2.41. The highest BCUT2D eigenvalue weighted by Crippen LogP contribution is 2.33. The Morgan fingerprint density at radius 2 is 1.40 bits per heavy atom. The smallest absolute Gasteiger partial charge is 0.475 e. The molecule has 0 aliphatic carbocycles. The van der Waals surface area contributed by atoms with E-state index in [2.05, 4.69) is 38.8 Å². The first-order chi connectivity index (χ1) is 16.2. The van der Waals surface area contributed by atoms with E-state index in [9.17, 15) is 26.3 Å². The first kappa shape index (κ1) is 28.3. The first-order valence-electron chi connectivity index (χ1n) is 10.1. The number of thiophene rings is 1. The largest absolute Gasteiger partial charge is 0.490 e. The molecule has 2 aliphatic rings. The van der Waals surface area contributed by atoms with Crippen LogP contribution in [-0.2, 0) is 16.1 Å². The van der Waals surface area contributed by atoms with Crippen molar-refractivity contribution in [1.29, 1.82) is 0 Å². The second kappa shape index (κ2) is 11.7. The van der Waals surface area contributed by atoms with Crippen molar-refractivity contribution in [2.75, 3.05) is 31.1 Å². The van der Waals surface area contributed by atoms with Crippen LogP contribution < -0.4 is 4.90 Å². The van der Waals surface area contributed by atoms with Gasteiger partial charge >= 0.3 is 24.3 Å². The quantitative estimate of drug-likeness (QED) is 0.582. The Balaban J connectivity index is 0.000000257. The molecule has 15 heteroatoms. The number of halogens is 6. The highest BCUT2D eigenvalue weighted by molar-refractivity contribution is 7.11. The van der Waals surface area contributed by atoms with Crippen LogP contribution in [0.4, 0.5) is 32.3 Å². The van der Waals surface area contributed by atoms with Gasteiger partial charge in [-0.05, 0) is 37.0 Å². The number of hydrogen-bond donors (Lipinski definition) is 2. The minimum atomic E-state index is -5.08. The minimum absolute atomic E-state index is 0.773. The highest BCUT2D eigenvalue weighted by atomic mass is 32.1. The van der Waals surface area contributed by atoms with Gasteiger partial charge in [0.05, 0.1) is 0 Å². The van der Waals surface area contributed by atoms with Crippen LogP contribution in [0, 0.1) is 18.8 Å². The average Bonchev–Trinajstić information content (AvgIpc) is 3.43. The number of anilines is 1. The Hall–Kier alpha value is -2.94. The monoisotopic (exact) mass is 528 g/mol. The number of carboxylic acids is 2. The molecule has 0 radical (unpaired) electrons. The van der Waals surface area contributed by atoms with Crippen molar-refractivity contribution >= 4 is 29.2 Å². The number of likely N-dealkylation sites (tertiary alicyclic amines) is 1. The van der Waals surface area contributed by atoms with Gasteiger partial charge in [-0.15, -0.1) is 11.3 Å². The lowest BCUT2D eigenvalue weighted by atomic mass is 10.0. The maximum absolute atomic E-state index is 10.6. The number of aryl methyl sites for hydroxylation is 1. The number of nitrogens with zero attached hydrogens (tertiary/aromatic N) is 4. The standard InChI is InChI=1S/C16H20N4S.2C2HF3O2/c1-12-3-4-15(21-12)11-19-7-13-9-20(10-14(13)8-19)16-17-5-2-6-18-16;2*3-2(4,5)1(6)7/h2-6,13-14H,7-11H2,1H3;2*(H,6,7). The third kappa shape index (κ3) is 8.98. The summed E-state index contributed by atoms with van der Waals surface area (Å²) >= 11 is 1.93. The summed E-state index contributed by atoms with van der Waals surface area (Å²) in [6.45, 7) is 7.94. The van der Waals surface area contributed by atoms with Gasteiger partial charge in [0.2, 0.25) is 5.95 Å². The molecule has 2 saturated heterocycles. The summed E-state index contributed by atoms with van der Waals surface area (Å²) in [7, 11) is 0. The van der Waals surface area contributed by atoms with Crippen molar-refractivity contribution in [3.05, 3.63) is 40.3 Å². The summed E-state index contributed by atoms with van der Waals surface area (Å²) in [5.74, 6) is -3.07. The Morgan fingerprint density at radius 1 is 0.943 bits per heavy atom. The molecule has 2 unspecified atom stereocenters. The van der Waals surface area contributed by atoms with Crippen LogP contribution in [0.1, 0.15) is 9.75 Å². The molecule has 194 valence electrons. The summed E-state index contributed by atoms with van der Waals surface area (Å²) in [5, 5.41) is 14.2. The summed E-state index contributed by atoms with van der Waals surface area (Å²) in [5.41, 5.74) is 0. The second-order valence-electron chi connectivity index (χ2n) is 7.79. The van der Waals surface area contributed by atoms with Crippen LogP contribution in [0.3, 0.4) is 0 Å². The lowest BCUT2D eigenvalue weighted by Crippen LogP contribution is -2.29. The molecule has 2 aromatic rings.